The molecule has 0 saturated heterocycles. The topological polar surface area (TPSA) is 9.72 Å². The fourth-order valence-electron chi connectivity index (χ4n) is 14.1. The van der Waals surface area contributed by atoms with Crippen LogP contribution in [-0.2, 0) is 32.5 Å². The molecule has 4 aliphatic rings. The van der Waals surface area contributed by atoms with Crippen molar-refractivity contribution in [3.63, 3.8) is 0 Å². The molecule has 0 atom stereocenters. The van der Waals surface area contributed by atoms with Gasteiger partial charge in [-0.25, -0.2) is 0 Å². The third kappa shape index (κ3) is 7.89. The van der Waals surface area contributed by atoms with Gasteiger partial charge in [0.15, 0.2) is 0 Å². The molecule has 0 radical (unpaired) electrons. The van der Waals surface area contributed by atoms with Crippen molar-refractivity contribution in [2.75, 3.05) is 14.6 Å². The highest BCUT2D eigenvalue weighted by Gasteiger charge is 2.51. The van der Waals surface area contributed by atoms with E-state index in [1.54, 1.807) is 0 Å². The molecule has 0 saturated carbocycles. The second-order valence-corrected chi connectivity index (χ2v) is 28.7. The van der Waals surface area contributed by atoms with Crippen LogP contribution in [0.25, 0.3) is 33.4 Å². The van der Waals surface area contributed by atoms with E-state index in [1.165, 1.54) is 112 Å². The van der Waals surface area contributed by atoms with Crippen LogP contribution in [0.1, 0.15) is 155 Å². The van der Waals surface area contributed by atoms with Gasteiger partial charge in [-0.3, -0.25) is 0 Å². The maximum absolute atomic E-state index is 2.74. The number of hydrogen-bond donors (Lipinski definition) is 0. The van der Waals surface area contributed by atoms with Crippen molar-refractivity contribution in [1.82, 2.24) is 0 Å². The second-order valence-electron chi connectivity index (χ2n) is 28.7. The number of rotatable bonds is 5. The fraction of sp³-hybridized carbons (Fsp3) is 0.289. The summed E-state index contributed by atoms with van der Waals surface area (Å²) in [5, 5.41) is 0. The van der Waals surface area contributed by atoms with E-state index in [-0.39, 0.29) is 39.3 Å². The van der Waals surface area contributed by atoms with Gasteiger partial charge >= 0.3 is 6.85 Å². The summed E-state index contributed by atoms with van der Waals surface area (Å²) in [5.74, 6) is 0. The summed E-state index contributed by atoms with van der Waals surface area (Å²) in [4.78, 5) is 7.85. The first kappa shape index (κ1) is 51.9. The number of hydrogen-bond acceptors (Lipinski definition) is 3. The van der Waals surface area contributed by atoms with E-state index in [2.05, 4.69) is 307 Å². The predicted molar refractivity (Wildman–Crippen MR) is 345 cm³/mol. The maximum atomic E-state index is 2.74. The van der Waals surface area contributed by atoms with Crippen molar-refractivity contribution in [3.05, 3.63) is 226 Å². The SMILES string of the molecule is CC(C)(C)c1ccc(N2B3c4ccc(N(c5ccc(C(C)(C)C)cc5)c5ccc(C(C)(C)C)cc5)cc4N(c4ccc(C(C)(C)C)cc4)c4cc5c(c(c43)-c3cc4c(cc32)C(C)(C)c2ccccc2-4)C(C)(C)c2ccccc2-5)cc1. The molecule has 400 valence electrons. The molecule has 3 nitrogen and oxygen atoms in total. The zero-order valence-electron chi connectivity index (χ0n) is 50.2. The van der Waals surface area contributed by atoms with Gasteiger partial charge in [-0.1, -0.05) is 214 Å². The molecular formula is C76H78BN3. The number of anilines is 8. The largest absolute Gasteiger partial charge is 0.376 e. The fourth-order valence-corrected chi connectivity index (χ4v) is 14.1. The normalized spacial score (nSPS) is 15.4. The Morgan fingerprint density at radius 1 is 0.362 bits per heavy atom. The minimum absolute atomic E-state index is 0.00123. The van der Waals surface area contributed by atoms with Crippen LogP contribution in [0.4, 0.5) is 45.5 Å². The standard InChI is InChI=1S/C76H78BN3/c1-71(2,3)47-25-33-51(34-26-47)78(52-35-27-48(28-36-52)72(4,5)6)55-41-42-64-66(43-55)79(53-37-29-49(30-38-53)73(7,8)9)67-45-59-57-22-18-20-24-62(57)76(15,16)69(59)68-60-44-58-56-21-17-19-23-61(56)75(13,14)63(58)46-65(60)80(77(64)70(67)68)54-39-31-50(32-40-54)74(10,11)12/h17-46H,1-16H3. The molecule has 0 N–H and O–H groups in total. The number of benzene rings is 9. The van der Waals surface area contributed by atoms with E-state index < -0.39 is 0 Å². The zero-order chi connectivity index (χ0) is 56.4. The number of nitrogens with zero attached hydrogens (tertiary/aromatic N) is 3. The first-order valence-electron chi connectivity index (χ1n) is 29.3. The van der Waals surface area contributed by atoms with Gasteiger partial charge < -0.3 is 14.6 Å². The highest BCUT2D eigenvalue weighted by molar-refractivity contribution is 6.93. The van der Waals surface area contributed by atoms with E-state index in [1.807, 2.05) is 0 Å². The molecule has 0 bridgehead atoms. The Kier molecular flexibility index (Phi) is 11.3. The molecule has 9 aromatic carbocycles. The molecule has 13 rings (SSSR count). The van der Waals surface area contributed by atoms with Crippen LogP contribution >= 0.6 is 0 Å². The van der Waals surface area contributed by atoms with Crippen molar-refractivity contribution in [1.29, 1.82) is 0 Å². The first-order chi connectivity index (χ1) is 37.7. The van der Waals surface area contributed by atoms with Gasteiger partial charge in [-0.15, -0.1) is 0 Å². The zero-order valence-corrected chi connectivity index (χ0v) is 50.2. The molecule has 9 aromatic rings. The lowest BCUT2D eigenvalue weighted by molar-refractivity contribution is 0.590. The molecule has 2 aliphatic heterocycles. The third-order valence-electron chi connectivity index (χ3n) is 18.7. The lowest BCUT2D eigenvalue weighted by Gasteiger charge is -2.47. The predicted octanol–water partition coefficient (Wildman–Crippen LogP) is 19.7. The van der Waals surface area contributed by atoms with Gasteiger partial charge in [0.1, 0.15) is 0 Å². The van der Waals surface area contributed by atoms with E-state index in [9.17, 15) is 0 Å². The van der Waals surface area contributed by atoms with Crippen LogP contribution in [0.5, 0.6) is 0 Å². The first-order valence-corrected chi connectivity index (χ1v) is 29.3. The van der Waals surface area contributed by atoms with E-state index in [4.69, 9.17) is 0 Å². The Morgan fingerprint density at radius 2 is 0.812 bits per heavy atom. The summed E-state index contributed by atoms with van der Waals surface area (Å²) in [5.41, 5.74) is 30.4. The van der Waals surface area contributed by atoms with Crippen LogP contribution < -0.4 is 25.5 Å². The van der Waals surface area contributed by atoms with Crippen LogP contribution in [0.15, 0.2) is 182 Å². The molecule has 2 aliphatic carbocycles. The van der Waals surface area contributed by atoms with Crippen molar-refractivity contribution in [2.24, 2.45) is 0 Å². The maximum Gasteiger partial charge on any atom is 0.333 e. The summed E-state index contributed by atoms with van der Waals surface area (Å²) in [7, 11) is 0. The third-order valence-corrected chi connectivity index (χ3v) is 18.7. The second kappa shape index (κ2) is 17.5. The van der Waals surface area contributed by atoms with E-state index in [0.29, 0.717) is 0 Å². The van der Waals surface area contributed by atoms with Crippen molar-refractivity contribution in [3.8, 4) is 33.4 Å². The average molecular weight is 1040 g/mol. The van der Waals surface area contributed by atoms with Crippen LogP contribution in [0, 0.1) is 0 Å². The van der Waals surface area contributed by atoms with Crippen molar-refractivity contribution >= 4 is 63.3 Å². The van der Waals surface area contributed by atoms with Crippen molar-refractivity contribution < 1.29 is 0 Å². The van der Waals surface area contributed by atoms with E-state index >= 15 is 0 Å². The van der Waals surface area contributed by atoms with E-state index in [0.717, 1.165) is 22.7 Å². The lowest BCUT2D eigenvalue weighted by atomic mass is 9.42. The molecule has 0 amide bonds. The average Bonchev–Trinajstić information content (AvgIpc) is 3.86. The molecule has 80 heavy (non-hydrogen) atoms. The van der Waals surface area contributed by atoms with Gasteiger partial charge in [0.2, 0.25) is 0 Å². The molecule has 0 fully saturated rings. The Balaban J connectivity index is 1.15. The van der Waals surface area contributed by atoms with Gasteiger partial charge in [-0.2, -0.15) is 0 Å². The summed E-state index contributed by atoms with van der Waals surface area (Å²) in [6.07, 6.45) is 0. The summed E-state index contributed by atoms with van der Waals surface area (Å²) < 4.78 is 0. The molecule has 0 unspecified atom stereocenters. The Hall–Kier alpha value is -7.56. The lowest BCUT2D eigenvalue weighted by Crippen LogP contribution is -2.62. The molecular weight excluding hydrogens is 966 g/mol. The monoisotopic (exact) mass is 1040 g/mol. The molecule has 2 heterocycles. The van der Waals surface area contributed by atoms with Gasteiger partial charge in [-0.05, 0) is 184 Å². The van der Waals surface area contributed by atoms with Crippen LogP contribution in [-0.4, -0.2) is 6.85 Å². The summed E-state index contributed by atoms with van der Waals surface area (Å²) >= 11 is 0. The van der Waals surface area contributed by atoms with Gasteiger partial charge in [0.05, 0.1) is 0 Å². The summed E-state index contributed by atoms with van der Waals surface area (Å²) in [6.45, 7) is 37.3. The molecule has 4 heteroatoms. The smallest absolute Gasteiger partial charge is 0.333 e. The summed E-state index contributed by atoms with van der Waals surface area (Å²) in [6, 6.07) is 71.3. The van der Waals surface area contributed by atoms with Gasteiger partial charge in [0, 0.05) is 61.9 Å². The highest BCUT2D eigenvalue weighted by Crippen LogP contribution is 2.60. The highest BCUT2D eigenvalue weighted by atomic mass is 15.2. The van der Waals surface area contributed by atoms with Gasteiger partial charge in [0.25, 0.3) is 0 Å². The molecule has 0 spiro atoms. The Bertz CT molecular complexity index is 3900. The Morgan fingerprint density at radius 3 is 1.32 bits per heavy atom. The number of fused-ring (bicyclic) bond motifs is 11. The minimum atomic E-state index is -0.278. The quantitative estimate of drug-likeness (QED) is 0.159. The van der Waals surface area contributed by atoms with Crippen LogP contribution in [0.2, 0.25) is 0 Å². The molecule has 0 aromatic heterocycles. The van der Waals surface area contributed by atoms with Crippen LogP contribution in [0.3, 0.4) is 0 Å². The Labute approximate surface area is 478 Å². The minimum Gasteiger partial charge on any atom is -0.376 e. The van der Waals surface area contributed by atoms with Crippen molar-refractivity contribution in [2.45, 2.75) is 143 Å².